The van der Waals surface area contributed by atoms with Gasteiger partial charge in [-0.25, -0.2) is 0 Å². The molecular formula is C37H70P2. The monoisotopic (exact) mass is 576 g/mol. The zero-order valence-corrected chi connectivity index (χ0v) is 31.2. The Kier molecular flexibility index (Phi) is 14.3. The molecule has 228 valence electrons. The maximum absolute atomic E-state index is 2.65. The Labute approximate surface area is 250 Å². The normalized spacial score (nSPS) is 14.1. The van der Waals surface area contributed by atoms with Gasteiger partial charge in [-0.3, -0.25) is 0 Å². The molecule has 0 aliphatic rings. The average molecular weight is 577 g/mol. The fourth-order valence-corrected chi connectivity index (χ4v) is 13.5. The van der Waals surface area contributed by atoms with E-state index in [1.165, 1.54) is 70.1 Å². The fraction of sp³-hybridized carbons (Fsp3) is 0.838. The lowest BCUT2D eigenvalue weighted by Crippen LogP contribution is -2.27. The highest BCUT2D eigenvalue weighted by molar-refractivity contribution is 7.60. The van der Waals surface area contributed by atoms with Gasteiger partial charge in [0.05, 0.1) is 0 Å². The molecule has 2 heteroatoms. The van der Waals surface area contributed by atoms with Crippen LogP contribution < -0.4 is 0 Å². The smallest absolute Gasteiger partial charge is 0.00607 e. The molecule has 0 saturated heterocycles. The second kappa shape index (κ2) is 15.0. The Bertz CT molecular complexity index is 803. The third-order valence-corrected chi connectivity index (χ3v) is 15.9. The van der Waals surface area contributed by atoms with Gasteiger partial charge in [-0.15, -0.1) is 0 Å². The summed E-state index contributed by atoms with van der Waals surface area (Å²) in [5.41, 5.74) is 5.39. The van der Waals surface area contributed by atoms with Crippen molar-refractivity contribution >= 4 is 15.8 Å². The van der Waals surface area contributed by atoms with E-state index in [0.29, 0.717) is 26.0 Å². The zero-order valence-electron chi connectivity index (χ0n) is 29.4. The SMILES string of the molecule is CC(C)(C)CCCCCCCCCc1ccc(CP(C(C)(C)C)C(C)(C)C)c(CP(C(C)(C)C)C(C)(C)C)c1. The maximum atomic E-state index is 2.65. The third-order valence-electron chi connectivity index (χ3n) is 8.06. The maximum Gasteiger partial charge on any atom is -0.00607 e. The van der Waals surface area contributed by atoms with Crippen LogP contribution in [0.3, 0.4) is 0 Å². The molecule has 0 nitrogen and oxygen atoms in total. The van der Waals surface area contributed by atoms with Crippen molar-refractivity contribution in [2.75, 3.05) is 0 Å². The van der Waals surface area contributed by atoms with Crippen molar-refractivity contribution in [3.63, 3.8) is 0 Å². The largest absolute Gasteiger partial charge is 0.0911 e. The van der Waals surface area contributed by atoms with Crippen molar-refractivity contribution in [1.82, 2.24) is 0 Å². The van der Waals surface area contributed by atoms with E-state index in [1.807, 2.05) is 0 Å². The molecule has 0 atom stereocenters. The quantitative estimate of drug-likeness (QED) is 0.162. The Morgan fingerprint density at radius 1 is 0.462 bits per heavy atom. The number of unbranched alkanes of at least 4 members (excludes halogenated alkanes) is 6. The van der Waals surface area contributed by atoms with E-state index in [2.05, 4.69) is 122 Å². The van der Waals surface area contributed by atoms with Crippen molar-refractivity contribution in [2.45, 2.75) is 195 Å². The summed E-state index contributed by atoms with van der Waals surface area (Å²) in [6.45, 7) is 36.8. The van der Waals surface area contributed by atoms with Crippen LogP contribution in [0, 0.1) is 5.41 Å². The van der Waals surface area contributed by atoms with Crippen molar-refractivity contribution in [1.29, 1.82) is 0 Å². The van der Waals surface area contributed by atoms with Crippen molar-refractivity contribution in [3.8, 4) is 0 Å². The van der Waals surface area contributed by atoms with E-state index in [1.54, 1.807) is 16.7 Å². The Morgan fingerprint density at radius 3 is 1.26 bits per heavy atom. The van der Waals surface area contributed by atoms with E-state index in [4.69, 9.17) is 0 Å². The van der Waals surface area contributed by atoms with Gasteiger partial charge in [-0.2, -0.15) is 0 Å². The minimum Gasteiger partial charge on any atom is -0.0911 e. The molecule has 0 aliphatic carbocycles. The first-order chi connectivity index (χ1) is 17.5. The summed E-state index contributed by atoms with van der Waals surface area (Å²) in [6, 6.07) is 7.68. The van der Waals surface area contributed by atoms with Crippen molar-refractivity contribution in [3.05, 3.63) is 34.9 Å². The molecule has 39 heavy (non-hydrogen) atoms. The van der Waals surface area contributed by atoms with E-state index >= 15 is 0 Å². The van der Waals surface area contributed by atoms with Crippen LogP contribution in [-0.4, -0.2) is 20.6 Å². The second-order valence-electron chi connectivity index (χ2n) is 17.5. The van der Waals surface area contributed by atoms with Gasteiger partial charge in [-0.05, 0) is 74.3 Å². The van der Waals surface area contributed by atoms with Gasteiger partial charge < -0.3 is 0 Å². The Hall–Kier alpha value is 0.0800. The number of benzene rings is 1. The van der Waals surface area contributed by atoms with Gasteiger partial charge in [0.2, 0.25) is 0 Å². The van der Waals surface area contributed by atoms with Crippen LogP contribution in [0.15, 0.2) is 18.2 Å². The molecule has 1 aromatic carbocycles. The topological polar surface area (TPSA) is 0 Å². The van der Waals surface area contributed by atoms with Gasteiger partial charge in [-0.1, -0.05) is 176 Å². The molecule has 1 rings (SSSR count). The Morgan fingerprint density at radius 2 is 0.846 bits per heavy atom. The van der Waals surface area contributed by atoms with Crippen LogP contribution in [0.5, 0.6) is 0 Å². The highest BCUT2D eigenvalue weighted by Crippen LogP contribution is 2.64. The minimum atomic E-state index is -0.155. The van der Waals surface area contributed by atoms with Gasteiger partial charge in [0.1, 0.15) is 0 Å². The zero-order chi connectivity index (χ0) is 30.3. The second-order valence-corrected chi connectivity index (χ2v) is 25.2. The van der Waals surface area contributed by atoms with Gasteiger partial charge in [0, 0.05) is 0 Å². The highest BCUT2D eigenvalue weighted by atomic mass is 31.1. The molecule has 0 N–H and O–H groups in total. The lowest BCUT2D eigenvalue weighted by molar-refractivity contribution is 0.356. The summed E-state index contributed by atoms with van der Waals surface area (Å²) >= 11 is 0. The molecule has 0 aliphatic heterocycles. The molecular weight excluding hydrogens is 506 g/mol. The summed E-state index contributed by atoms with van der Waals surface area (Å²) < 4.78 is 0. The van der Waals surface area contributed by atoms with Gasteiger partial charge in [0.25, 0.3) is 0 Å². The average Bonchev–Trinajstić information content (AvgIpc) is 2.71. The molecule has 0 fully saturated rings. The first-order valence-corrected chi connectivity index (χ1v) is 19.2. The first-order valence-electron chi connectivity index (χ1n) is 16.2. The lowest BCUT2D eigenvalue weighted by atomic mass is 9.89. The summed E-state index contributed by atoms with van der Waals surface area (Å²) in [7, 11) is -0.304. The van der Waals surface area contributed by atoms with Crippen LogP contribution >= 0.6 is 15.8 Å². The van der Waals surface area contributed by atoms with Crippen molar-refractivity contribution in [2.24, 2.45) is 5.41 Å². The van der Waals surface area contributed by atoms with Gasteiger partial charge in [0.15, 0.2) is 0 Å². The lowest BCUT2D eigenvalue weighted by Gasteiger charge is -2.44. The summed E-state index contributed by atoms with van der Waals surface area (Å²) in [5.74, 6) is 0. The molecule has 0 aromatic heterocycles. The minimum absolute atomic E-state index is 0.148. The van der Waals surface area contributed by atoms with Crippen LogP contribution in [0.25, 0.3) is 0 Å². The van der Waals surface area contributed by atoms with E-state index in [-0.39, 0.29) is 15.8 Å². The standard InChI is InChI=1S/C37H70P2/c1-33(2,3)26-22-20-18-16-17-19-21-23-30-24-25-31(28-38(34(4,5)6)35(7,8)9)32(27-30)29-39(36(10,11)12)37(13,14)15/h24-25,27H,16-23,26,28-29H2,1-15H3. The molecule has 0 saturated carbocycles. The molecule has 1 aromatic rings. The summed E-state index contributed by atoms with van der Waals surface area (Å²) in [5, 5.41) is 1.42. The van der Waals surface area contributed by atoms with Crippen molar-refractivity contribution < 1.29 is 0 Å². The Balaban J connectivity index is 3.00. The summed E-state index contributed by atoms with van der Waals surface area (Å²) in [6.07, 6.45) is 14.9. The van der Waals surface area contributed by atoms with Crippen LogP contribution in [0.4, 0.5) is 0 Å². The predicted molar refractivity (Wildman–Crippen MR) is 187 cm³/mol. The van der Waals surface area contributed by atoms with Crippen LogP contribution in [0.2, 0.25) is 0 Å². The predicted octanol–water partition coefficient (Wildman–Crippen LogP) is 13.6. The van der Waals surface area contributed by atoms with Gasteiger partial charge >= 0.3 is 0 Å². The first kappa shape index (κ1) is 37.1. The number of aryl methyl sites for hydroxylation is 1. The van der Waals surface area contributed by atoms with E-state index in [0.717, 1.165) is 0 Å². The molecule has 0 bridgehead atoms. The molecule has 0 amide bonds. The van der Waals surface area contributed by atoms with E-state index in [9.17, 15) is 0 Å². The summed E-state index contributed by atoms with van der Waals surface area (Å²) in [4.78, 5) is 0. The van der Waals surface area contributed by atoms with E-state index < -0.39 is 0 Å². The number of rotatable bonds is 13. The number of hydrogen-bond donors (Lipinski definition) is 0. The third kappa shape index (κ3) is 14.7. The fourth-order valence-electron chi connectivity index (χ4n) is 6.31. The molecule has 0 unspecified atom stereocenters. The molecule has 0 heterocycles. The highest BCUT2D eigenvalue weighted by Gasteiger charge is 2.37. The number of hydrogen-bond acceptors (Lipinski definition) is 0. The van der Waals surface area contributed by atoms with Crippen LogP contribution in [-0.2, 0) is 18.7 Å². The molecule has 0 radical (unpaired) electrons. The molecule has 0 spiro atoms. The van der Waals surface area contributed by atoms with Crippen LogP contribution in [0.1, 0.15) is 172 Å².